The van der Waals surface area contributed by atoms with Crippen molar-refractivity contribution in [2.75, 3.05) is 6.61 Å². The van der Waals surface area contributed by atoms with Crippen LogP contribution in [0.4, 0.5) is 0 Å². The molecule has 1 rings (SSSR count). The second-order valence-electron chi connectivity index (χ2n) is 2.97. The maximum atomic E-state index is 8.93. The lowest BCUT2D eigenvalue weighted by atomic mass is 9.93. The highest BCUT2D eigenvalue weighted by Gasteiger charge is 2.11. The van der Waals surface area contributed by atoms with E-state index in [-0.39, 0.29) is 6.61 Å². The number of ether oxygens (including phenoxy) is 1. The van der Waals surface area contributed by atoms with Gasteiger partial charge in [0, 0.05) is 0 Å². The second-order valence-corrected chi connectivity index (χ2v) is 2.97. The Kier molecular flexibility index (Phi) is 3.48. The highest BCUT2D eigenvalue weighted by atomic mass is 16.5. The Balaban J connectivity index is 2.29. The van der Waals surface area contributed by atoms with Crippen LogP contribution in [0, 0.1) is 0 Å². The molecule has 0 aliphatic heterocycles. The van der Waals surface area contributed by atoms with Gasteiger partial charge < -0.3 is 15.6 Å². The van der Waals surface area contributed by atoms with Crippen molar-refractivity contribution in [3.8, 4) is 0 Å². The smallest absolute Gasteiger partial charge is 0.138 e. The van der Waals surface area contributed by atoms with Gasteiger partial charge in [0.25, 0.3) is 0 Å². The van der Waals surface area contributed by atoms with Gasteiger partial charge in [-0.15, -0.1) is 0 Å². The van der Waals surface area contributed by atoms with Crippen LogP contribution in [0.5, 0.6) is 0 Å². The number of aliphatic hydroxyl groups is 1. The summed E-state index contributed by atoms with van der Waals surface area (Å²) >= 11 is 0. The molecular weight excluding hydrogens is 165 g/mol. The average Bonchev–Trinajstić information content (AvgIpc) is 2.04. The molecular formula is C9H12BNO2. The molecule has 1 unspecified atom stereocenters. The van der Waals surface area contributed by atoms with Gasteiger partial charge in [-0.3, -0.25) is 0 Å². The third kappa shape index (κ3) is 4.67. The molecule has 1 aromatic carbocycles. The van der Waals surface area contributed by atoms with Crippen molar-refractivity contribution in [1.82, 2.24) is 0 Å². The zero-order chi connectivity index (χ0) is 9.73. The molecule has 13 heavy (non-hydrogen) atoms. The highest BCUT2D eigenvalue weighted by molar-refractivity contribution is 6.13. The van der Waals surface area contributed by atoms with E-state index in [1.165, 1.54) is 0 Å². The summed E-state index contributed by atoms with van der Waals surface area (Å²) in [6.07, 6.45) is 0. The van der Waals surface area contributed by atoms with Crippen LogP contribution in [0.1, 0.15) is 5.56 Å². The quantitative estimate of drug-likeness (QED) is 0.501. The van der Waals surface area contributed by atoms with E-state index in [0.29, 0.717) is 6.61 Å². The van der Waals surface area contributed by atoms with Crippen molar-refractivity contribution in [1.29, 1.82) is 0 Å². The fraction of sp³-hybridized carbons (Fsp3) is 0.333. The van der Waals surface area contributed by atoms with E-state index < -0.39 is 5.62 Å². The Bertz CT molecular complexity index is 246. The predicted molar refractivity (Wildman–Crippen MR) is 51.0 cm³/mol. The minimum atomic E-state index is -1.74. The lowest BCUT2D eigenvalue weighted by Gasteiger charge is -2.17. The van der Waals surface area contributed by atoms with Gasteiger partial charge in [-0.2, -0.15) is 0 Å². The Hall–Kier alpha value is -0.835. The van der Waals surface area contributed by atoms with Crippen molar-refractivity contribution in [3.05, 3.63) is 35.9 Å². The standard InChI is InChI=1S/C9H12BNO2/c10-9(11,12)7-13-6-8-4-2-1-3-5-8/h1-5,12H,6-7,11H2. The van der Waals surface area contributed by atoms with Gasteiger partial charge in [0.1, 0.15) is 7.85 Å². The summed E-state index contributed by atoms with van der Waals surface area (Å²) in [5.74, 6) is 0. The fourth-order valence-corrected chi connectivity index (χ4v) is 0.907. The second kappa shape index (κ2) is 4.41. The summed E-state index contributed by atoms with van der Waals surface area (Å²) < 4.78 is 5.08. The third-order valence-electron chi connectivity index (χ3n) is 1.44. The Morgan fingerprint density at radius 3 is 2.54 bits per heavy atom. The molecule has 1 aromatic rings. The minimum Gasteiger partial charge on any atom is -0.383 e. The first-order chi connectivity index (χ1) is 6.08. The lowest BCUT2D eigenvalue weighted by Crippen LogP contribution is -2.44. The highest BCUT2D eigenvalue weighted by Crippen LogP contribution is 2.01. The first kappa shape index (κ1) is 10.2. The topological polar surface area (TPSA) is 55.5 Å². The number of hydrogen-bond acceptors (Lipinski definition) is 3. The van der Waals surface area contributed by atoms with Crippen LogP contribution in [-0.2, 0) is 11.3 Å². The SMILES string of the molecule is [B]C(N)(O)COCc1ccccc1. The largest absolute Gasteiger partial charge is 0.383 e. The monoisotopic (exact) mass is 177 g/mol. The summed E-state index contributed by atoms with van der Waals surface area (Å²) in [7, 11) is 5.11. The first-order valence-electron chi connectivity index (χ1n) is 4.00. The van der Waals surface area contributed by atoms with E-state index in [0.717, 1.165) is 5.56 Å². The minimum absolute atomic E-state index is 0.0815. The van der Waals surface area contributed by atoms with Crippen molar-refractivity contribution < 1.29 is 9.84 Å². The van der Waals surface area contributed by atoms with Gasteiger partial charge in [-0.05, 0) is 5.56 Å². The molecule has 0 spiro atoms. The van der Waals surface area contributed by atoms with Crippen molar-refractivity contribution in [2.45, 2.75) is 12.2 Å². The number of rotatable bonds is 4. The van der Waals surface area contributed by atoms with Crippen LogP contribution in [0.3, 0.4) is 0 Å². The number of hydrogen-bond donors (Lipinski definition) is 2. The van der Waals surface area contributed by atoms with Gasteiger partial charge >= 0.3 is 0 Å². The maximum absolute atomic E-state index is 8.93. The molecule has 0 saturated carbocycles. The molecule has 68 valence electrons. The molecule has 1 atom stereocenters. The molecule has 0 aliphatic carbocycles. The van der Waals surface area contributed by atoms with Crippen LogP contribution in [0.2, 0.25) is 0 Å². The van der Waals surface area contributed by atoms with Crippen LogP contribution >= 0.6 is 0 Å². The first-order valence-corrected chi connectivity index (χ1v) is 4.00. The molecule has 0 bridgehead atoms. The summed E-state index contributed by atoms with van der Waals surface area (Å²) in [6, 6.07) is 9.59. The molecule has 0 aliphatic rings. The van der Waals surface area contributed by atoms with E-state index in [2.05, 4.69) is 0 Å². The van der Waals surface area contributed by atoms with Gasteiger partial charge in [-0.25, -0.2) is 0 Å². The molecule has 0 saturated heterocycles. The van der Waals surface area contributed by atoms with Gasteiger partial charge in [0.15, 0.2) is 0 Å². The van der Waals surface area contributed by atoms with E-state index in [1.54, 1.807) is 0 Å². The van der Waals surface area contributed by atoms with Gasteiger partial charge in [0.05, 0.1) is 18.8 Å². The summed E-state index contributed by atoms with van der Waals surface area (Å²) in [4.78, 5) is 0. The van der Waals surface area contributed by atoms with E-state index >= 15 is 0 Å². The molecule has 0 aromatic heterocycles. The Labute approximate surface area is 78.9 Å². The van der Waals surface area contributed by atoms with Crippen molar-refractivity contribution in [3.63, 3.8) is 0 Å². The maximum Gasteiger partial charge on any atom is 0.138 e. The van der Waals surface area contributed by atoms with E-state index in [9.17, 15) is 0 Å². The van der Waals surface area contributed by atoms with E-state index in [4.69, 9.17) is 23.4 Å². The average molecular weight is 177 g/mol. The van der Waals surface area contributed by atoms with Crippen LogP contribution in [0.15, 0.2) is 30.3 Å². The van der Waals surface area contributed by atoms with Crippen molar-refractivity contribution in [2.24, 2.45) is 5.73 Å². The molecule has 0 fully saturated rings. The molecule has 0 heterocycles. The molecule has 3 nitrogen and oxygen atoms in total. The van der Waals surface area contributed by atoms with Crippen LogP contribution in [0.25, 0.3) is 0 Å². The Morgan fingerprint density at radius 1 is 1.38 bits per heavy atom. The Morgan fingerprint density at radius 2 is 2.00 bits per heavy atom. The lowest BCUT2D eigenvalue weighted by molar-refractivity contribution is 0.00576. The van der Waals surface area contributed by atoms with Crippen LogP contribution < -0.4 is 5.73 Å². The third-order valence-corrected chi connectivity index (χ3v) is 1.44. The molecule has 4 heteroatoms. The van der Waals surface area contributed by atoms with Gasteiger partial charge in [0.2, 0.25) is 0 Å². The van der Waals surface area contributed by atoms with Crippen molar-refractivity contribution >= 4 is 7.85 Å². The fourth-order valence-electron chi connectivity index (χ4n) is 0.907. The van der Waals surface area contributed by atoms with Gasteiger partial charge in [-0.1, -0.05) is 30.3 Å². The zero-order valence-electron chi connectivity index (χ0n) is 7.31. The number of benzene rings is 1. The zero-order valence-corrected chi connectivity index (χ0v) is 7.31. The van der Waals surface area contributed by atoms with Crippen LogP contribution in [-0.4, -0.2) is 25.2 Å². The number of nitrogens with two attached hydrogens (primary N) is 1. The molecule has 2 radical (unpaired) electrons. The summed E-state index contributed by atoms with van der Waals surface area (Å²) in [6.45, 7) is 0.319. The molecule has 3 N–H and O–H groups in total. The predicted octanol–water partition coefficient (Wildman–Crippen LogP) is -0.0235. The normalized spacial score (nSPS) is 15.2. The molecule has 0 amide bonds. The van der Waals surface area contributed by atoms with E-state index in [1.807, 2.05) is 30.3 Å². The summed E-state index contributed by atoms with van der Waals surface area (Å²) in [5.41, 5.74) is 4.39. The summed E-state index contributed by atoms with van der Waals surface area (Å²) in [5, 5.41) is 8.93.